The number of sulfone groups is 1. The lowest BCUT2D eigenvalue weighted by Gasteiger charge is -2.23. The number of ether oxygens (including phenoxy) is 2. The number of nitrogens with one attached hydrogen (secondary N) is 1. The van der Waals surface area contributed by atoms with Crippen molar-refractivity contribution in [2.24, 2.45) is 9.39 Å². The molecule has 1 amide bonds. The van der Waals surface area contributed by atoms with Crippen LogP contribution in [0.1, 0.15) is 23.0 Å². The Hall–Kier alpha value is -3.71. The van der Waals surface area contributed by atoms with Gasteiger partial charge < -0.3 is 13.9 Å². The lowest BCUT2D eigenvalue weighted by Crippen LogP contribution is -2.45. The Bertz CT molecular complexity index is 1360. The minimum atomic E-state index is -3.75. The quantitative estimate of drug-likeness (QED) is 0.290. The maximum Gasteiger partial charge on any atom is 0.379 e. The molecule has 4 rings (SSSR count). The summed E-state index contributed by atoms with van der Waals surface area (Å²) in [4.78, 5) is 29.6. The van der Waals surface area contributed by atoms with E-state index in [1.165, 1.54) is 30.5 Å². The smallest absolute Gasteiger partial charge is 0.379 e. The Labute approximate surface area is 192 Å². The summed E-state index contributed by atoms with van der Waals surface area (Å²) in [5.74, 6) is -1.42. The number of amidine groups is 3. The Morgan fingerprint density at radius 1 is 1.30 bits per heavy atom. The molecule has 2 aliphatic rings. The van der Waals surface area contributed by atoms with E-state index in [1.54, 1.807) is 19.1 Å². The molecule has 0 spiro atoms. The molecule has 33 heavy (non-hydrogen) atoms. The third-order valence-corrected chi connectivity index (χ3v) is 6.08. The number of rotatable bonds is 5. The first-order valence-corrected chi connectivity index (χ1v) is 12.1. The fraction of sp³-hybridized carbons (Fsp3) is 0.150. The Morgan fingerprint density at radius 3 is 2.76 bits per heavy atom. The van der Waals surface area contributed by atoms with Gasteiger partial charge in [-0.05, 0) is 42.8 Å². The molecule has 0 aliphatic carbocycles. The third-order valence-electron chi connectivity index (χ3n) is 4.33. The molecule has 0 atom stereocenters. The zero-order valence-electron chi connectivity index (χ0n) is 17.3. The zero-order valence-corrected chi connectivity index (χ0v) is 18.9. The number of carbonyl (C=O) groups is 2. The minimum absolute atomic E-state index is 0.00207. The van der Waals surface area contributed by atoms with Crippen LogP contribution in [0.15, 0.2) is 56.0 Å². The van der Waals surface area contributed by atoms with Crippen LogP contribution in [-0.2, 0) is 14.6 Å². The fourth-order valence-electron chi connectivity index (χ4n) is 2.92. The van der Waals surface area contributed by atoms with Gasteiger partial charge in [-0.1, -0.05) is 6.07 Å². The fourth-order valence-corrected chi connectivity index (χ4v) is 4.76. The van der Waals surface area contributed by atoms with Crippen molar-refractivity contribution < 1.29 is 31.9 Å². The van der Waals surface area contributed by atoms with Gasteiger partial charge >= 0.3 is 5.97 Å². The number of esters is 1. The first-order valence-electron chi connectivity index (χ1n) is 9.40. The predicted molar refractivity (Wildman–Crippen MR) is 121 cm³/mol. The van der Waals surface area contributed by atoms with Crippen LogP contribution in [0.25, 0.3) is 6.08 Å². The van der Waals surface area contributed by atoms with Crippen molar-refractivity contribution in [1.29, 1.82) is 5.41 Å². The van der Waals surface area contributed by atoms with Crippen molar-refractivity contribution >= 4 is 55.9 Å². The second-order valence-electron chi connectivity index (χ2n) is 6.68. The molecule has 0 saturated heterocycles. The normalized spacial score (nSPS) is 17.0. The Kier molecular flexibility index (Phi) is 5.91. The van der Waals surface area contributed by atoms with Crippen LogP contribution in [-0.4, -0.2) is 54.2 Å². The number of carbonyl (C=O) groups excluding carboxylic acids is 2. The van der Waals surface area contributed by atoms with Gasteiger partial charge in [0.1, 0.15) is 5.84 Å². The molecule has 1 aromatic heterocycles. The lowest BCUT2D eigenvalue weighted by atomic mass is 10.1. The van der Waals surface area contributed by atoms with E-state index in [-0.39, 0.29) is 45.6 Å². The summed E-state index contributed by atoms with van der Waals surface area (Å²) in [6.07, 6.45) is 3.67. The molecule has 0 radical (unpaired) electrons. The molecule has 13 heteroatoms. The molecule has 3 heterocycles. The van der Waals surface area contributed by atoms with E-state index in [9.17, 15) is 18.0 Å². The number of hydrogen-bond donors (Lipinski definition) is 1. The second kappa shape index (κ2) is 8.67. The predicted octanol–water partition coefficient (Wildman–Crippen LogP) is 2.52. The number of furan rings is 1. The monoisotopic (exact) mass is 488 g/mol. The molecular formula is C20H16N4O7S2. The van der Waals surface area contributed by atoms with Gasteiger partial charge in [0.05, 0.1) is 30.4 Å². The number of fused-ring (bicyclic) bond motifs is 1. The van der Waals surface area contributed by atoms with Gasteiger partial charge in [-0.2, -0.15) is 9.39 Å². The molecule has 11 nitrogen and oxygen atoms in total. The SMILES string of the molecule is CCOc1cc(/C=C2/C(=N)N3C(=NC2=O)SN=C3S(C)(=O)=O)ccc1OC(=O)c1ccco1. The van der Waals surface area contributed by atoms with Crippen LogP contribution in [0.3, 0.4) is 0 Å². The van der Waals surface area contributed by atoms with Crippen LogP contribution in [0.5, 0.6) is 11.5 Å². The number of aliphatic imine (C=N–C) groups is 1. The Morgan fingerprint density at radius 2 is 2.09 bits per heavy atom. The maximum atomic E-state index is 12.5. The highest BCUT2D eigenvalue weighted by atomic mass is 32.2. The van der Waals surface area contributed by atoms with Crippen LogP contribution in [0.4, 0.5) is 0 Å². The topological polar surface area (TPSA) is 152 Å². The van der Waals surface area contributed by atoms with Crippen molar-refractivity contribution in [3.63, 3.8) is 0 Å². The van der Waals surface area contributed by atoms with Crippen LogP contribution < -0.4 is 9.47 Å². The Balaban J connectivity index is 1.66. The summed E-state index contributed by atoms with van der Waals surface area (Å²) in [6, 6.07) is 7.55. The van der Waals surface area contributed by atoms with Gasteiger partial charge in [-0.25, -0.2) is 18.1 Å². The van der Waals surface area contributed by atoms with E-state index in [1.807, 2.05) is 0 Å². The molecule has 0 bridgehead atoms. The van der Waals surface area contributed by atoms with E-state index in [2.05, 4.69) is 9.39 Å². The lowest BCUT2D eigenvalue weighted by molar-refractivity contribution is -0.114. The van der Waals surface area contributed by atoms with E-state index >= 15 is 0 Å². The van der Waals surface area contributed by atoms with Gasteiger partial charge in [0, 0.05) is 6.26 Å². The van der Waals surface area contributed by atoms with Gasteiger partial charge in [-0.15, -0.1) is 0 Å². The molecule has 170 valence electrons. The summed E-state index contributed by atoms with van der Waals surface area (Å²) < 4.78 is 43.7. The maximum absolute atomic E-state index is 12.5. The standard InChI is InChI=1S/C20H16N4O7S2/c1-3-29-15-10-11(6-7-13(15)31-18(26)14-5-4-8-30-14)9-12-16(21)24-19(22-17(12)25)32-23-20(24)33(2,27)28/h4-10,21H,3H2,1-2H3/b12-9-,21-16?. The third kappa shape index (κ3) is 4.45. The van der Waals surface area contributed by atoms with E-state index < -0.39 is 21.7 Å². The number of hydrogen-bond acceptors (Lipinski definition) is 10. The molecule has 1 aromatic carbocycles. The van der Waals surface area contributed by atoms with Crippen LogP contribution in [0, 0.1) is 5.41 Å². The second-order valence-corrected chi connectivity index (χ2v) is 9.32. The average molecular weight is 489 g/mol. The number of amides is 1. The van der Waals surface area contributed by atoms with Crippen LogP contribution in [0.2, 0.25) is 0 Å². The van der Waals surface area contributed by atoms with Gasteiger partial charge in [-0.3, -0.25) is 10.2 Å². The molecule has 1 N–H and O–H groups in total. The first kappa shape index (κ1) is 22.5. The minimum Gasteiger partial charge on any atom is -0.490 e. The van der Waals surface area contributed by atoms with Gasteiger partial charge in [0.25, 0.3) is 5.91 Å². The zero-order chi connectivity index (χ0) is 23.8. The van der Waals surface area contributed by atoms with E-state index in [0.29, 0.717) is 17.5 Å². The molecule has 0 saturated carbocycles. The van der Waals surface area contributed by atoms with Gasteiger partial charge in [0.2, 0.25) is 25.9 Å². The highest BCUT2D eigenvalue weighted by Crippen LogP contribution is 2.32. The summed E-state index contributed by atoms with van der Waals surface area (Å²) >= 11 is 0.712. The molecule has 2 aliphatic heterocycles. The van der Waals surface area contributed by atoms with Crippen molar-refractivity contribution in [2.45, 2.75) is 6.92 Å². The largest absolute Gasteiger partial charge is 0.490 e. The summed E-state index contributed by atoms with van der Waals surface area (Å²) in [7, 11) is -3.75. The summed E-state index contributed by atoms with van der Waals surface area (Å²) in [6.45, 7) is 2.02. The van der Waals surface area contributed by atoms with Crippen molar-refractivity contribution in [3.05, 3.63) is 53.5 Å². The van der Waals surface area contributed by atoms with Crippen molar-refractivity contribution in [3.8, 4) is 11.5 Å². The van der Waals surface area contributed by atoms with Crippen molar-refractivity contribution in [2.75, 3.05) is 12.9 Å². The average Bonchev–Trinajstić information content (AvgIpc) is 3.43. The summed E-state index contributed by atoms with van der Waals surface area (Å²) in [5, 5.41) is 8.03. The number of benzene rings is 1. The van der Waals surface area contributed by atoms with E-state index in [4.69, 9.17) is 19.3 Å². The highest BCUT2D eigenvalue weighted by Gasteiger charge is 2.41. The summed E-state index contributed by atoms with van der Waals surface area (Å²) in [5.41, 5.74) is 0.299. The molecule has 0 fully saturated rings. The van der Waals surface area contributed by atoms with Crippen LogP contribution >= 0.6 is 11.9 Å². The molecule has 0 unspecified atom stereocenters. The number of nitrogens with zero attached hydrogens (tertiary/aromatic N) is 3. The highest BCUT2D eigenvalue weighted by molar-refractivity contribution is 8.16. The van der Waals surface area contributed by atoms with E-state index in [0.717, 1.165) is 11.2 Å². The first-order chi connectivity index (χ1) is 15.7. The molecule has 2 aromatic rings. The van der Waals surface area contributed by atoms with Crippen molar-refractivity contribution in [1.82, 2.24) is 4.90 Å². The molecular weight excluding hydrogens is 472 g/mol. The van der Waals surface area contributed by atoms with Gasteiger partial charge in [0.15, 0.2) is 11.5 Å².